The average molecular weight is 295 g/mol. The number of methoxy groups -OCH3 is 1. The summed E-state index contributed by atoms with van der Waals surface area (Å²) in [4.78, 5) is 4.39. The lowest BCUT2D eigenvalue weighted by Crippen LogP contribution is -2.03. The molecule has 22 heavy (non-hydrogen) atoms. The number of rotatable bonds is 5. The maximum absolute atomic E-state index is 5.34. The first kappa shape index (κ1) is 14.1. The van der Waals surface area contributed by atoms with Crippen molar-refractivity contribution in [2.24, 2.45) is 0 Å². The monoisotopic (exact) mass is 295 g/mol. The lowest BCUT2D eigenvalue weighted by molar-refractivity contribution is 0.415. The van der Waals surface area contributed by atoms with Crippen molar-refractivity contribution in [2.45, 2.75) is 13.5 Å². The van der Waals surface area contributed by atoms with Crippen LogP contribution in [0.2, 0.25) is 0 Å². The molecule has 0 aliphatic rings. The molecular weight excluding hydrogens is 278 g/mol. The zero-order chi connectivity index (χ0) is 15.4. The molecule has 0 aliphatic carbocycles. The summed E-state index contributed by atoms with van der Waals surface area (Å²) >= 11 is 0. The highest BCUT2D eigenvalue weighted by molar-refractivity contribution is 5.58. The lowest BCUT2D eigenvalue weighted by Gasteiger charge is -2.10. The number of aryl methyl sites for hydroxylation is 1. The van der Waals surface area contributed by atoms with Crippen molar-refractivity contribution >= 4 is 5.69 Å². The molecule has 3 rings (SSSR count). The van der Waals surface area contributed by atoms with Crippen LogP contribution in [0.15, 0.2) is 53.1 Å². The summed E-state index contributed by atoms with van der Waals surface area (Å²) in [6.45, 7) is 2.50. The Labute approximate surface area is 128 Å². The molecule has 0 bridgehead atoms. The number of anilines is 1. The van der Waals surface area contributed by atoms with Crippen molar-refractivity contribution in [3.05, 3.63) is 59.9 Å². The van der Waals surface area contributed by atoms with Crippen molar-refractivity contribution in [1.29, 1.82) is 0 Å². The van der Waals surface area contributed by atoms with E-state index in [4.69, 9.17) is 9.26 Å². The highest BCUT2D eigenvalue weighted by Gasteiger charge is 2.09. The largest absolute Gasteiger partial charge is 0.495 e. The van der Waals surface area contributed by atoms with Gasteiger partial charge in [-0.05, 0) is 36.8 Å². The summed E-state index contributed by atoms with van der Waals surface area (Å²) in [7, 11) is 1.65. The second-order valence-electron chi connectivity index (χ2n) is 4.94. The maximum atomic E-state index is 5.34. The molecule has 0 atom stereocenters. The Kier molecular flexibility index (Phi) is 4.05. The fraction of sp³-hybridized carbons (Fsp3) is 0.176. The minimum absolute atomic E-state index is 0.468. The fourth-order valence-corrected chi connectivity index (χ4v) is 2.16. The van der Waals surface area contributed by atoms with E-state index in [1.54, 1.807) is 7.11 Å². The van der Waals surface area contributed by atoms with Gasteiger partial charge in [0.05, 0.1) is 19.3 Å². The van der Waals surface area contributed by atoms with Gasteiger partial charge in [-0.15, -0.1) is 0 Å². The molecule has 1 heterocycles. The summed E-state index contributed by atoms with van der Waals surface area (Å²) in [5.41, 5.74) is 2.98. The van der Waals surface area contributed by atoms with Gasteiger partial charge < -0.3 is 14.6 Å². The second kappa shape index (κ2) is 6.30. The standard InChI is InChI=1S/C17H17N3O2/c1-12-8-9-15(21-2)14(10-12)18-11-16-19-17(22-20-16)13-6-4-3-5-7-13/h3-10,18H,11H2,1-2H3. The molecule has 5 heteroatoms. The summed E-state index contributed by atoms with van der Waals surface area (Å²) in [6, 6.07) is 15.7. The SMILES string of the molecule is COc1ccc(C)cc1NCc1noc(-c2ccccc2)n1. The zero-order valence-corrected chi connectivity index (χ0v) is 12.5. The number of nitrogens with zero attached hydrogens (tertiary/aromatic N) is 2. The van der Waals surface area contributed by atoms with E-state index in [9.17, 15) is 0 Å². The molecule has 0 saturated heterocycles. The number of nitrogens with one attached hydrogen (secondary N) is 1. The summed E-state index contributed by atoms with van der Waals surface area (Å²) in [6.07, 6.45) is 0. The molecule has 0 spiro atoms. The van der Waals surface area contributed by atoms with Gasteiger partial charge >= 0.3 is 0 Å². The van der Waals surface area contributed by atoms with E-state index < -0.39 is 0 Å². The third-order valence-corrected chi connectivity index (χ3v) is 3.28. The van der Waals surface area contributed by atoms with Crippen molar-refractivity contribution in [3.63, 3.8) is 0 Å². The molecule has 5 nitrogen and oxygen atoms in total. The zero-order valence-electron chi connectivity index (χ0n) is 12.5. The van der Waals surface area contributed by atoms with Gasteiger partial charge in [0.1, 0.15) is 5.75 Å². The number of hydrogen-bond donors (Lipinski definition) is 1. The summed E-state index contributed by atoms with van der Waals surface area (Å²) in [5.74, 6) is 1.91. The quantitative estimate of drug-likeness (QED) is 0.778. The molecule has 0 unspecified atom stereocenters. The minimum Gasteiger partial charge on any atom is -0.495 e. The van der Waals surface area contributed by atoms with Crippen LogP contribution in [0.1, 0.15) is 11.4 Å². The molecule has 112 valence electrons. The molecule has 1 N–H and O–H groups in total. The fourth-order valence-electron chi connectivity index (χ4n) is 2.16. The van der Waals surface area contributed by atoms with E-state index >= 15 is 0 Å². The first-order valence-corrected chi connectivity index (χ1v) is 7.03. The summed E-state index contributed by atoms with van der Waals surface area (Å²) < 4.78 is 10.6. The van der Waals surface area contributed by atoms with Gasteiger partial charge in [-0.25, -0.2) is 0 Å². The Balaban J connectivity index is 1.73. The smallest absolute Gasteiger partial charge is 0.257 e. The highest BCUT2D eigenvalue weighted by atomic mass is 16.5. The maximum Gasteiger partial charge on any atom is 0.257 e. The van der Waals surface area contributed by atoms with Crippen LogP contribution in [0.3, 0.4) is 0 Å². The van der Waals surface area contributed by atoms with Crippen LogP contribution in [-0.4, -0.2) is 17.3 Å². The molecule has 2 aromatic carbocycles. The van der Waals surface area contributed by atoms with Gasteiger partial charge in [-0.1, -0.05) is 29.4 Å². The van der Waals surface area contributed by atoms with E-state index in [0.29, 0.717) is 18.3 Å². The second-order valence-corrected chi connectivity index (χ2v) is 4.94. The lowest BCUT2D eigenvalue weighted by atomic mass is 10.2. The normalized spacial score (nSPS) is 10.5. The van der Waals surface area contributed by atoms with Crippen LogP contribution in [0.25, 0.3) is 11.5 Å². The predicted octanol–water partition coefficient (Wildman–Crippen LogP) is 3.67. The molecule has 1 aromatic heterocycles. The Bertz CT molecular complexity index is 754. The average Bonchev–Trinajstić information content (AvgIpc) is 3.03. The molecular formula is C17H17N3O2. The molecule has 0 aliphatic heterocycles. The van der Waals surface area contributed by atoms with Crippen molar-refractivity contribution in [2.75, 3.05) is 12.4 Å². The molecule has 0 radical (unpaired) electrons. The van der Waals surface area contributed by atoms with Crippen LogP contribution in [-0.2, 0) is 6.54 Å². The van der Waals surface area contributed by atoms with Crippen LogP contribution in [0.5, 0.6) is 5.75 Å². The van der Waals surface area contributed by atoms with Gasteiger partial charge in [-0.2, -0.15) is 4.98 Å². The molecule has 3 aromatic rings. The Morgan fingerprint density at radius 3 is 2.73 bits per heavy atom. The highest BCUT2D eigenvalue weighted by Crippen LogP contribution is 2.25. The summed E-state index contributed by atoms with van der Waals surface area (Å²) in [5, 5.41) is 7.27. The van der Waals surface area contributed by atoms with Crippen LogP contribution in [0, 0.1) is 6.92 Å². The third-order valence-electron chi connectivity index (χ3n) is 3.28. The molecule has 0 amide bonds. The van der Waals surface area contributed by atoms with Gasteiger partial charge in [0.25, 0.3) is 5.89 Å². The number of hydrogen-bond acceptors (Lipinski definition) is 5. The van der Waals surface area contributed by atoms with E-state index in [2.05, 4.69) is 15.5 Å². The Morgan fingerprint density at radius 1 is 1.14 bits per heavy atom. The Hall–Kier alpha value is -2.82. The first-order valence-electron chi connectivity index (χ1n) is 7.03. The molecule has 0 fully saturated rings. The predicted molar refractivity (Wildman–Crippen MR) is 84.8 cm³/mol. The van der Waals surface area contributed by atoms with Gasteiger partial charge in [-0.3, -0.25) is 0 Å². The van der Waals surface area contributed by atoms with Crippen molar-refractivity contribution < 1.29 is 9.26 Å². The number of benzene rings is 2. The van der Waals surface area contributed by atoms with Crippen LogP contribution < -0.4 is 10.1 Å². The first-order chi connectivity index (χ1) is 10.8. The van der Waals surface area contributed by atoms with E-state index in [0.717, 1.165) is 22.6 Å². The third kappa shape index (κ3) is 3.09. The van der Waals surface area contributed by atoms with Gasteiger partial charge in [0.15, 0.2) is 5.82 Å². The van der Waals surface area contributed by atoms with E-state index in [-0.39, 0.29) is 0 Å². The number of aromatic nitrogens is 2. The molecule has 0 saturated carbocycles. The van der Waals surface area contributed by atoms with Gasteiger partial charge in [0, 0.05) is 5.56 Å². The van der Waals surface area contributed by atoms with Crippen LogP contribution >= 0.6 is 0 Å². The van der Waals surface area contributed by atoms with Crippen molar-refractivity contribution in [3.8, 4) is 17.2 Å². The van der Waals surface area contributed by atoms with E-state index in [1.165, 1.54) is 0 Å². The topological polar surface area (TPSA) is 60.2 Å². The van der Waals surface area contributed by atoms with Crippen LogP contribution in [0.4, 0.5) is 5.69 Å². The number of ether oxygens (including phenoxy) is 1. The van der Waals surface area contributed by atoms with E-state index in [1.807, 2.05) is 55.5 Å². The Morgan fingerprint density at radius 2 is 1.95 bits per heavy atom. The van der Waals surface area contributed by atoms with Crippen molar-refractivity contribution in [1.82, 2.24) is 10.1 Å². The van der Waals surface area contributed by atoms with Gasteiger partial charge in [0.2, 0.25) is 0 Å². The minimum atomic E-state index is 0.468.